The smallest absolute Gasteiger partial charge is 0.326 e. The van der Waals surface area contributed by atoms with E-state index in [2.05, 4.69) is 0 Å². The van der Waals surface area contributed by atoms with Crippen molar-refractivity contribution < 1.29 is 19.5 Å². The first kappa shape index (κ1) is 18.6. The van der Waals surface area contributed by atoms with Gasteiger partial charge in [0.2, 0.25) is 0 Å². The molecule has 0 bridgehead atoms. The van der Waals surface area contributed by atoms with Crippen LogP contribution in [0.2, 0.25) is 0 Å². The SMILES string of the molecule is CN(C(=O)c1cccc(C(=O)N2CCCCC2C(=O)O)c1)c1ccccc1. The summed E-state index contributed by atoms with van der Waals surface area (Å²) in [5, 5.41) is 9.39. The monoisotopic (exact) mass is 366 g/mol. The van der Waals surface area contributed by atoms with Crippen LogP contribution in [0.5, 0.6) is 0 Å². The van der Waals surface area contributed by atoms with E-state index in [1.54, 1.807) is 25.2 Å². The summed E-state index contributed by atoms with van der Waals surface area (Å²) in [7, 11) is 1.68. The second kappa shape index (κ2) is 8.03. The van der Waals surface area contributed by atoms with Gasteiger partial charge in [-0.2, -0.15) is 0 Å². The van der Waals surface area contributed by atoms with E-state index in [-0.39, 0.29) is 11.8 Å². The first-order chi connectivity index (χ1) is 13.0. The summed E-state index contributed by atoms with van der Waals surface area (Å²) >= 11 is 0. The number of para-hydroxylation sites is 1. The van der Waals surface area contributed by atoms with Gasteiger partial charge in [0.05, 0.1) is 0 Å². The molecule has 0 spiro atoms. The second-order valence-corrected chi connectivity index (χ2v) is 6.63. The number of anilines is 1. The van der Waals surface area contributed by atoms with Crippen molar-refractivity contribution in [1.29, 1.82) is 0 Å². The molecule has 1 N–H and O–H groups in total. The molecule has 6 nitrogen and oxygen atoms in total. The Morgan fingerprint density at radius 3 is 2.41 bits per heavy atom. The second-order valence-electron chi connectivity index (χ2n) is 6.63. The molecule has 27 heavy (non-hydrogen) atoms. The molecular formula is C21H22N2O4. The molecule has 1 heterocycles. The van der Waals surface area contributed by atoms with E-state index < -0.39 is 12.0 Å². The molecule has 1 unspecified atom stereocenters. The molecule has 2 aromatic carbocycles. The fourth-order valence-electron chi connectivity index (χ4n) is 3.34. The van der Waals surface area contributed by atoms with Crippen molar-refractivity contribution in [2.75, 3.05) is 18.5 Å². The fourth-order valence-corrected chi connectivity index (χ4v) is 3.34. The highest BCUT2D eigenvalue weighted by atomic mass is 16.4. The Labute approximate surface area is 158 Å². The van der Waals surface area contributed by atoms with E-state index in [1.807, 2.05) is 30.3 Å². The van der Waals surface area contributed by atoms with Gasteiger partial charge in [-0.3, -0.25) is 9.59 Å². The topological polar surface area (TPSA) is 77.9 Å². The van der Waals surface area contributed by atoms with Crippen molar-refractivity contribution in [3.63, 3.8) is 0 Å². The number of carboxylic acids is 1. The first-order valence-corrected chi connectivity index (χ1v) is 8.96. The molecule has 1 saturated heterocycles. The number of benzene rings is 2. The van der Waals surface area contributed by atoms with E-state index >= 15 is 0 Å². The van der Waals surface area contributed by atoms with Crippen LogP contribution in [0.3, 0.4) is 0 Å². The lowest BCUT2D eigenvalue weighted by Crippen LogP contribution is -2.48. The van der Waals surface area contributed by atoms with Crippen LogP contribution in [-0.2, 0) is 4.79 Å². The number of piperidine rings is 1. The Bertz CT molecular complexity index is 850. The van der Waals surface area contributed by atoms with Crippen molar-refractivity contribution in [1.82, 2.24) is 4.90 Å². The average molecular weight is 366 g/mol. The Hall–Kier alpha value is -3.15. The van der Waals surface area contributed by atoms with Gasteiger partial charge in [-0.25, -0.2) is 4.79 Å². The highest BCUT2D eigenvalue weighted by molar-refractivity contribution is 6.07. The Morgan fingerprint density at radius 2 is 1.70 bits per heavy atom. The van der Waals surface area contributed by atoms with Gasteiger partial charge in [-0.1, -0.05) is 24.3 Å². The Kier molecular flexibility index (Phi) is 5.54. The van der Waals surface area contributed by atoms with Gasteiger partial charge >= 0.3 is 5.97 Å². The number of amides is 2. The molecule has 2 aromatic rings. The van der Waals surface area contributed by atoms with Gasteiger partial charge in [0.1, 0.15) is 6.04 Å². The summed E-state index contributed by atoms with van der Waals surface area (Å²) in [5.74, 6) is -1.57. The molecule has 3 rings (SSSR count). The zero-order chi connectivity index (χ0) is 19.4. The third kappa shape index (κ3) is 4.00. The Morgan fingerprint density at radius 1 is 1.00 bits per heavy atom. The summed E-state index contributed by atoms with van der Waals surface area (Å²) in [4.78, 5) is 40.0. The normalized spacial score (nSPS) is 16.6. The minimum atomic E-state index is -0.987. The molecule has 0 aliphatic carbocycles. The zero-order valence-electron chi connectivity index (χ0n) is 15.2. The first-order valence-electron chi connectivity index (χ1n) is 8.96. The standard InChI is InChI=1S/C21H22N2O4/c1-22(17-10-3-2-4-11-17)19(24)15-8-7-9-16(14-15)20(25)23-13-6-5-12-18(23)21(26)27/h2-4,7-11,14,18H,5-6,12-13H2,1H3,(H,26,27). The van der Waals surface area contributed by atoms with Gasteiger partial charge in [0, 0.05) is 30.4 Å². The molecule has 1 aliphatic rings. The quantitative estimate of drug-likeness (QED) is 0.902. The van der Waals surface area contributed by atoms with Crippen molar-refractivity contribution in [3.05, 3.63) is 65.7 Å². The maximum atomic E-state index is 12.9. The lowest BCUT2D eigenvalue weighted by molar-refractivity contribution is -0.143. The van der Waals surface area contributed by atoms with E-state index in [9.17, 15) is 19.5 Å². The predicted octanol–water partition coefficient (Wildman–Crippen LogP) is 3.04. The summed E-state index contributed by atoms with van der Waals surface area (Å²) < 4.78 is 0. The van der Waals surface area contributed by atoms with Crippen molar-refractivity contribution in [2.24, 2.45) is 0 Å². The van der Waals surface area contributed by atoms with Gasteiger partial charge in [0.25, 0.3) is 11.8 Å². The van der Waals surface area contributed by atoms with Crippen LogP contribution in [0.4, 0.5) is 5.69 Å². The van der Waals surface area contributed by atoms with Crippen LogP contribution in [0.15, 0.2) is 54.6 Å². The fraction of sp³-hybridized carbons (Fsp3) is 0.286. The highest BCUT2D eigenvalue weighted by Gasteiger charge is 2.32. The number of nitrogens with zero attached hydrogens (tertiary/aromatic N) is 2. The van der Waals surface area contributed by atoms with Crippen LogP contribution in [0.1, 0.15) is 40.0 Å². The number of rotatable bonds is 4. The van der Waals surface area contributed by atoms with Crippen molar-refractivity contribution >= 4 is 23.5 Å². The van der Waals surface area contributed by atoms with Crippen LogP contribution in [0, 0.1) is 0 Å². The lowest BCUT2D eigenvalue weighted by atomic mass is 10.00. The van der Waals surface area contributed by atoms with Gasteiger partial charge in [0.15, 0.2) is 0 Å². The molecule has 0 aromatic heterocycles. The highest BCUT2D eigenvalue weighted by Crippen LogP contribution is 2.21. The molecule has 1 fully saturated rings. The van der Waals surface area contributed by atoms with E-state index in [0.29, 0.717) is 24.1 Å². The van der Waals surface area contributed by atoms with Crippen molar-refractivity contribution in [2.45, 2.75) is 25.3 Å². The zero-order valence-corrected chi connectivity index (χ0v) is 15.2. The number of carbonyl (C=O) groups excluding carboxylic acids is 2. The van der Waals surface area contributed by atoms with Crippen LogP contribution >= 0.6 is 0 Å². The molecule has 0 radical (unpaired) electrons. The van der Waals surface area contributed by atoms with Crippen LogP contribution < -0.4 is 4.90 Å². The third-order valence-electron chi connectivity index (χ3n) is 4.85. The molecule has 6 heteroatoms. The largest absolute Gasteiger partial charge is 0.480 e. The average Bonchev–Trinajstić information content (AvgIpc) is 2.72. The molecule has 2 amide bonds. The number of likely N-dealkylation sites (tertiary alicyclic amines) is 1. The maximum Gasteiger partial charge on any atom is 0.326 e. The summed E-state index contributed by atoms with van der Waals surface area (Å²) in [6, 6.07) is 14.9. The van der Waals surface area contributed by atoms with E-state index in [1.165, 1.54) is 15.9 Å². The lowest BCUT2D eigenvalue weighted by Gasteiger charge is -2.33. The van der Waals surface area contributed by atoms with Gasteiger partial charge in [-0.05, 0) is 49.6 Å². The molecular weight excluding hydrogens is 344 g/mol. The minimum absolute atomic E-state index is 0.232. The Balaban J connectivity index is 1.83. The van der Waals surface area contributed by atoms with Crippen LogP contribution in [-0.4, -0.2) is 47.4 Å². The molecule has 140 valence electrons. The van der Waals surface area contributed by atoms with E-state index in [4.69, 9.17) is 0 Å². The van der Waals surface area contributed by atoms with Crippen LogP contribution in [0.25, 0.3) is 0 Å². The summed E-state index contributed by atoms with van der Waals surface area (Å²) in [6.45, 7) is 0.415. The molecule has 1 aliphatic heterocycles. The number of hydrogen-bond donors (Lipinski definition) is 1. The molecule has 0 saturated carbocycles. The van der Waals surface area contributed by atoms with Gasteiger partial charge < -0.3 is 14.9 Å². The summed E-state index contributed by atoms with van der Waals surface area (Å²) in [6.07, 6.45) is 2.03. The number of aliphatic carboxylic acids is 1. The summed E-state index contributed by atoms with van der Waals surface area (Å²) in [5.41, 5.74) is 1.47. The number of hydrogen-bond acceptors (Lipinski definition) is 3. The predicted molar refractivity (Wildman–Crippen MR) is 102 cm³/mol. The maximum absolute atomic E-state index is 12.9. The molecule has 1 atom stereocenters. The number of carboxylic acid groups (broad SMARTS) is 1. The number of carbonyl (C=O) groups is 3. The van der Waals surface area contributed by atoms with Gasteiger partial charge in [-0.15, -0.1) is 0 Å². The van der Waals surface area contributed by atoms with Crippen molar-refractivity contribution in [3.8, 4) is 0 Å². The third-order valence-corrected chi connectivity index (χ3v) is 4.85. The minimum Gasteiger partial charge on any atom is -0.480 e. The van der Waals surface area contributed by atoms with E-state index in [0.717, 1.165) is 18.5 Å².